The number of likely N-dealkylation sites (N-methyl/N-ethyl adjacent to an activating group) is 1. The molecule has 0 unspecified atom stereocenters. The van der Waals surface area contributed by atoms with E-state index in [0.717, 1.165) is 36.9 Å². The number of nitrogens with one attached hydrogen (secondary N) is 2. The highest BCUT2D eigenvalue weighted by atomic mass is 16.2. The smallest absolute Gasteiger partial charge is 0.244 e. The number of hydrogen-bond donors (Lipinski definition) is 3. The van der Waals surface area contributed by atoms with Crippen molar-refractivity contribution in [2.45, 2.75) is 44.6 Å². The molecule has 2 amide bonds. The summed E-state index contributed by atoms with van der Waals surface area (Å²) in [5.41, 5.74) is 7.03. The monoisotopic (exact) mass is 289 g/mol. The van der Waals surface area contributed by atoms with Crippen LogP contribution in [0.3, 0.4) is 0 Å². The van der Waals surface area contributed by atoms with Gasteiger partial charge in [0, 0.05) is 12.2 Å². The highest BCUT2D eigenvalue weighted by Crippen LogP contribution is 2.28. The van der Waals surface area contributed by atoms with Crippen LogP contribution in [-0.2, 0) is 16.0 Å². The molecule has 0 bridgehead atoms. The van der Waals surface area contributed by atoms with Crippen LogP contribution >= 0.6 is 0 Å². The van der Waals surface area contributed by atoms with Crippen molar-refractivity contribution < 1.29 is 9.59 Å². The van der Waals surface area contributed by atoms with Crippen molar-refractivity contribution in [1.82, 2.24) is 5.32 Å². The molecule has 5 nitrogen and oxygen atoms in total. The van der Waals surface area contributed by atoms with Crippen molar-refractivity contribution >= 4 is 17.5 Å². The summed E-state index contributed by atoms with van der Waals surface area (Å²) in [6.07, 6.45) is 3.86. The van der Waals surface area contributed by atoms with Crippen LogP contribution < -0.4 is 16.4 Å². The van der Waals surface area contributed by atoms with Crippen molar-refractivity contribution in [2.75, 3.05) is 11.9 Å². The van der Waals surface area contributed by atoms with Gasteiger partial charge in [0.05, 0.1) is 12.0 Å². The average Bonchev–Trinajstić information content (AvgIpc) is 2.89. The van der Waals surface area contributed by atoms with E-state index in [0.29, 0.717) is 13.0 Å². The topological polar surface area (TPSA) is 84.2 Å². The van der Waals surface area contributed by atoms with Crippen LogP contribution in [0, 0.1) is 0 Å². The maximum Gasteiger partial charge on any atom is 0.244 e. The van der Waals surface area contributed by atoms with Gasteiger partial charge in [-0.15, -0.1) is 0 Å². The van der Waals surface area contributed by atoms with Gasteiger partial charge >= 0.3 is 0 Å². The molecule has 0 atom stereocenters. The summed E-state index contributed by atoms with van der Waals surface area (Å²) >= 11 is 0. The lowest BCUT2D eigenvalue weighted by molar-refractivity contribution is -0.121. The second-order valence-electron chi connectivity index (χ2n) is 5.64. The summed E-state index contributed by atoms with van der Waals surface area (Å²) < 4.78 is 0. The van der Waals surface area contributed by atoms with Crippen molar-refractivity contribution in [2.24, 2.45) is 5.73 Å². The van der Waals surface area contributed by atoms with Crippen LogP contribution in [-0.4, -0.2) is 23.9 Å². The molecule has 114 valence electrons. The number of anilines is 1. The normalized spacial score (nSPS) is 16.5. The molecule has 1 aliphatic rings. The molecule has 1 aromatic rings. The van der Waals surface area contributed by atoms with Gasteiger partial charge in [0.25, 0.3) is 0 Å². The molecule has 1 saturated carbocycles. The summed E-state index contributed by atoms with van der Waals surface area (Å²) in [6.45, 7) is 2.52. The third kappa shape index (κ3) is 4.04. The zero-order valence-corrected chi connectivity index (χ0v) is 12.4. The number of hydrogen-bond acceptors (Lipinski definition) is 3. The standard InChI is InChI=1S/C16H23N3O2/c1-2-18-14(20)11-12-5-7-13(8-6-12)19-15(21)16(17)9-3-4-10-16/h5-8H,2-4,9-11,17H2,1H3,(H,18,20)(H,19,21). The molecule has 21 heavy (non-hydrogen) atoms. The first-order valence-electron chi connectivity index (χ1n) is 7.49. The third-order valence-corrected chi connectivity index (χ3v) is 3.90. The van der Waals surface area contributed by atoms with Gasteiger partial charge in [-0.1, -0.05) is 25.0 Å². The minimum absolute atomic E-state index is 0.00107. The van der Waals surface area contributed by atoms with E-state index < -0.39 is 5.54 Å². The Morgan fingerprint density at radius 3 is 2.38 bits per heavy atom. The molecule has 0 spiro atoms. The fourth-order valence-electron chi connectivity index (χ4n) is 2.64. The van der Waals surface area contributed by atoms with Gasteiger partial charge in [-0.3, -0.25) is 9.59 Å². The second kappa shape index (κ2) is 6.72. The van der Waals surface area contributed by atoms with Gasteiger partial charge in [-0.2, -0.15) is 0 Å². The molecule has 0 saturated heterocycles. The molecule has 2 rings (SSSR count). The Labute approximate surface area is 125 Å². The van der Waals surface area contributed by atoms with Crippen molar-refractivity contribution in [3.05, 3.63) is 29.8 Å². The maximum absolute atomic E-state index is 12.2. The summed E-state index contributed by atoms with van der Waals surface area (Å²) in [4.78, 5) is 23.7. The lowest BCUT2D eigenvalue weighted by Crippen LogP contribution is -2.48. The first-order valence-corrected chi connectivity index (χ1v) is 7.49. The van der Waals surface area contributed by atoms with Gasteiger partial charge < -0.3 is 16.4 Å². The number of rotatable bonds is 5. The zero-order valence-electron chi connectivity index (χ0n) is 12.4. The molecule has 0 heterocycles. The SMILES string of the molecule is CCNC(=O)Cc1ccc(NC(=O)C2(N)CCCC2)cc1. The Kier molecular flexibility index (Phi) is 4.96. The molecule has 1 aromatic carbocycles. The summed E-state index contributed by atoms with van der Waals surface area (Å²) in [6, 6.07) is 7.32. The van der Waals surface area contributed by atoms with Crippen molar-refractivity contribution in [1.29, 1.82) is 0 Å². The quantitative estimate of drug-likeness (QED) is 0.769. The lowest BCUT2D eigenvalue weighted by atomic mass is 9.98. The molecule has 0 radical (unpaired) electrons. The van der Waals surface area contributed by atoms with Gasteiger partial charge in [0.1, 0.15) is 0 Å². The fourth-order valence-corrected chi connectivity index (χ4v) is 2.64. The minimum Gasteiger partial charge on any atom is -0.356 e. The van der Waals surface area contributed by atoms with E-state index in [-0.39, 0.29) is 11.8 Å². The number of benzene rings is 1. The Balaban J connectivity index is 1.93. The van der Waals surface area contributed by atoms with E-state index in [1.807, 2.05) is 31.2 Å². The number of carbonyl (C=O) groups is 2. The number of amides is 2. The number of nitrogens with two attached hydrogens (primary N) is 1. The van der Waals surface area contributed by atoms with E-state index in [1.165, 1.54) is 0 Å². The molecule has 0 aliphatic heterocycles. The molecular weight excluding hydrogens is 266 g/mol. The summed E-state index contributed by atoms with van der Waals surface area (Å²) in [5.74, 6) is -0.113. The van der Waals surface area contributed by atoms with Crippen molar-refractivity contribution in [3.8, 4) is 0 Å². The van der Waals surface area contributed by atoms with Gasteiger partial charge in [0.15, 0.2) is 0 Å². The third-order valence-electron chi connectivity index (χ3n) is 3.90. The van der Waals surface area contributed by atoms with Crippen LogP contribution in [0.1, 0.15) is 38.2 Å². The van der Waals surface area contributed by atoms with Crippen molar-refractivity contribution in [3.63, 3.8) is 0 Å². The highest BCUT2D eigenvalue weighted by molar-refractivity contribution is 5.98. The van der Waals surface area contributed by atoms with E-state index in [4.69, 9.17) is 5.73 Å². The highest BCUT2D eigenvalue weighted by Gasteiger charge is 2.36. The van der Waals surface area contributed by atoms with Crippen LogP contribution in [0.15, 0.2) is 24.3 Å². The molecule has 0 aromatic heterocycles. The first-order chi connectivity index (χ1) is 10.0. The molecule has 4 N–H and O–H groups in total. The Morgan fingerprint density at radius 1 is 1.19 bits per heavy atom. The van der Waals surface area contributed by atoms with E-state index in [2.05, 4.69) is 10.6 Å². The van der Waals surface area contributed by atoms with E-state index in [9.17, 15) is 9.59 Å². The Morgan fingerprint density at radius 2 is 1.81 bits per heavy atom. The Bertz CT molecular complexity index is 505. The van der Waals surface area contributed by atoms with E-state index in [1.54, 1.807) is 0 Å². The van der Waals surface area contributed by atoms with Gasteiger partial charge in [-0.05, 0) is 37.5 Å². The molecule has 5 heteroatoms. The van der Waals surface area contributed by atoms with Crippen LogP contribution in [0.25, 0.3) is 0 Å². The predicted octanol–water partition coefficient (Wildman–Crippen LogP) is 1.58. The van der Waals surface area contributed by atoms with Gasteiger partial charge in [0.2, 0.25) is 11.8 Å². The summed E-state index contributed by atoms with van der Waals surface area (Å²) in [5, 5.41) is 5.62. The lowest BCUT2D eigenvalue weighted by Gasteiger charge is -2.22. The summed E-state index contributed by atoms with van der Waals surface area (Å²) in [7, 11) is 0. The fraction of sp³-hybridized carbons (Fsp3) is 0.500. The predicted molar refractivity (Wildman–Crippen MR) is 82.8 cm³/mol. The van der Waals surface area contributed by atoms with Crippen LogP contribution in [0.5, 0.6) is 0 Å². The van der Waals surface area contributed by atoms with E-state index >= 15 is 0 Å². The van der Waals surface area contributed by atoms with Crippen LogP contribution in [0.2, 0.25) is 0 Å². The molecule has 1 fully saturated rings. The van der Waals surface area contributed by atoms with Gasteiger partial charge in [-0.25, -0.2) is 0 Å². The molecular formula is C16H23N3O2. The second-order valence-corrected chi connectivity index (χ2v) is 5.64. The largest absolute Gasteiger partial charge is 0.356 e. The minimum atomic E-state index is -0.723. The first kappa shape index (κ1) is 15.5. The average molecular weight is 289 g/mol. The van der Waals surface area contributed by atoms with Crippen LogP contribution in [0.4, 0.5) is 5.69 Å². The zero-order chi connectivity index (χ0) is 15.3. The number of carbonyl (C=O) groups excluding carboxylic acids is 2. The molecule has 1 aliphatic carbocycles. The Hall–Kier alpha value is -1.88. The maximum atomic E-state index is 12.2.